The molecule has 0 aliphatic carbocycles. The number of aliphatic hydroxyl groups is 1. The maximum Gasteiger partial charge on any atom is 0.332 e. The highest BCUT2D eigenvalue weighted by Crippen LogP contribution is 2.17. The molecule has 0 spiro atoms. The summed E-state index contributed by atoms with van der Waals surface area (Å²) in [5.41, 5.74) is 0. The Morgan fingerprint density at radius 2 is 2.30 bits per heavy atom. The van der Waals surface area contributed by atoms with E-state index in [1.807, 2.05) is 6.08 Å². The first-order chi connectivity index (χ1) is 9.69. The largest absolute Gasteiger partial charge is 0.464 e. The van der Waals surface area contributed by atoms with Crippen LogP contribution in [0.4, 0.5) is 0 Å². The molecule has 1 heterocycles. The maximum atomic E-state index is 11.7. The molecule has 1 fully saturated rings. The lowest BCUT2D eigenvalue weighted by Crippen LogP contribution is -2.45. The fourth-order valence-electron chi connectivity index (χ4n) is 2.10. The standard InChI is InChI=1S/C14H23NO5/c1-2-20-14(18)11-19-9-4-3-8-15-12(10-16)6-5-7-13(15)17/h3-4,12,16H,2,5-11H2,1H3. The van der Waals surface area contributed by atoms with Crippen molar-refractivity contribution in [3.8, 4) is 0 Å². The summed E-state index contributed by atoms with van der Waals surface area (Å²) in [5.74, 6) is -0.306. The van der Waals surface area contributed by atoms with E-state index < -0.39 is 0 Å². The van der Waals surface area contributed by atoms with Gasteiger partial charge in [0.05, 0.1) is 25.9 Å². The van der Waals surface area contributed by atoms with E-state index in [9.17, 15) is 14.7 Å². The molecule has 1 aliphatic rings. The van der Waals surface area contributed by atoms with Gasteiger partial charge < -0.3 is 19.5 Å². The Labute approximate surface area is 119 Å². The van der Waals surface area contributed by atoms with Crippen LogP contribution in [-0.2, 0) is 19.1 Å². The topological polar surface area (TPSA) is 76.1 Å². The summed E-state index contributed by atoms with van der Waals surface area (Å²) in [6.07, 6.45) is 5.80. The van der Waals surface area contributed by atoms with E-state index in [0.717, 1.165) is 12.8 Å². The molecule has 6 heteroatoms. The Bertz CT molecular complexity index is 342. The highest BCUT2D eigenvalue weighted by molar-refractivity contribution is 5.77. The number of esters is 1. The number of ether oxygens (including phenoxy) is 2. The summed E-state index contributed by atoms with van der Waals surface area (Å²) >= 11 is 0. The van der Waals surface area contributed by atoms with Gasteiger partial charge in [-0.3, -0.25) is 4.79 Å². The minimum atomic E-state index is -0.382. The van der Waals surface area contributed by atoms with Gasteiger partial charge in [-0.2, -0.15) is 0 Å². The molecule has 0 saturated carbocycles. The van der Waals surface area contributed by atoms with Gasteiger partial charge in [0.2, 0.25) is 5.91 Å². The molecule has 114 valence electrons. The number of nitrogens with zero attached hydrogens (tertiary/aromatic N) is 1. The van der Waals surface area contributed by atoms with Crippen LogP contribution in [0.3, 0.4) is 0 Å². The Hall–Kier alpha value is -1.40. The zero-order chi connectivity index (χ0) is 14.8. The number of hydrogen-bond donors (Lipinski definition) is 1. The van der Waals surface area contributed by atoms with E-state index in [1.54, 1.807) is 17.9 Å². The third kappa shape index (κ3) is 5.71. The van der Waals surface area contributed by atoms with Crippen LogP contribution < -0.4 is 0 Å². The van der Waals surface area contributed by atoms with Crippen LogP contribution in [0.2, 0.25) is 0 Å². The Balaban J connectivity index is 2.22. The third-order valence-corrected chi connectivity index (χ3v) is 3.11. The fourth-order valence-corrected chi connectivity index (χ4v) is 2.10. The van der Waals surface area contributed by atoms with Gasteiger partial charge in [0.15, 0.2) is 0 Å². The first kappa shape index (κ1) is 16.7. The molecule has 20 heavy (non-hydrogen) atoms. The average molecular weight is 285 g/mol. The van der Waals surface area contributed by atoms with Crippen molar-refractivity contribution in [2.75, 3.05) is 33.0 Å². The van der Waals surface area contributed by atoms with Crippen molar-refractivity contribution >= 4 is 11.9 Å². The Morgan fingerprint density at radius 3 is 3.00 bits per heavy atom. The summed E-state index contributed by atoms with van der Waals surface area (Å²) in [5, 5.41) is 9.24. The average Bonchev–Trinajstić information content (AvgIpc) is 2.44. The van der Waals surface area contributed by atoms with E-state index in [2.05, 4.69) is 0 Å². The van der Waals surface area contributed by atoms with Gasteiger partial charge in [-0.15, -0.1) is 0 Å². The van der Waals surface area contributed by atoms with Gasteiger partial charge >= 0.3 is 5.97 Å². The van der Waals surface area contributed by atoms with Crippen LogP contribution >= 0.6 is 0 Å². The molecule has 6 nitrogen and oxygen atoms in total. The first-order valence-electron chi connectivity index (χ1n) is 6.97. The maximum absolute atomic E-state index is 11.7. The van der Waals surface area contributed by atoms with Gasteiger partial charge in [-0.1, -0.05) is 12.2 Å². The molecule has 0 aromatic heterocycles. The quantitative estimate of drug-likeness (QED) is 0.399. The zero-order valence-electron chi connectivity index (χ0n) is 11.9. The molecule has 0 aromatic carbocycles. The lowest BCUT2D eigenvalue weighted by molar-refractivity contribution is -0.148. The summed E-state index contributed by atoms with van der Waals surface area (Å²) in [7, 11) is 0. The van der Waals surface area contributed by atoms with E-state index in [1.165, 1.54) is 0 Å². The highest BCUT2D eigenvalue weighted by Gasteiger charge is 2.26. The van der Waals surface area contributed by atoms with E-state index in [-0.39, 0.29) is 31.1 Å². The molecule has 1 saturated heterocycles. The SMILES string of the molecule is CCOC(=O)COCC=CCN1C(=O)CCCC1CO. The summed E-state index contributed by atoms with van der Waals surface area (Å²) in [6.45, 7) is 2.78. The number of rotatable bonds is 8. The van der Waals surface area contributed by atoms with Crippen molar-refractivity contribution in [3.05, 3.63) is 12.2 Å². The number of amides is 1. The Kier molecular flexibility index (Phi) is 7.91. The van der Waals surface area contributed by atoms with E-state index in [0.29, 0.717) is 26.2 Å². The van der Waals surface area contributed by atoms with Gasteiger partial charge in [-0.05, 0) is 19.8 Å². The fraction of sp³-hybridized carbons (Fsp3) is 0.714. The molecular weight excluding hydrogens is 262 g/mol. The van der Waals surface area contributed by atoms with Gasteiger partial charge in [0.25, 0.3) is 0 Å². The van der Waals surface area contributed by atoms with Gasteiger partial charge in [0.1, 0.15) is 6.61 Å². The second-order valence-corrected chi connectivity index (χ2v) is 4.57. The summed E-state index contributed by atoms with van der Waals surface area (Å²) in [6, 6.07) is -0.0821. The van der Waals surface area contributed by atoms with Gasteiger partial charge in [0, 0.05) is 13.0 Å². The molecule has 1 N–H and O–H groups in total. The summed E-state index contributed by atoms with van der Waals surface area (Å²) < 4.78 is 9.82. The highest BCUT2D eigenvalue weighted by atomic mass is 16.6. The number of carbonyl (C=O) groups excluding carboxylic acids is 2. The van der Waals surface area contributed by atoms with Crippen LogP contribution in [-0.4, -0.2) is 60.9 Å². The third-order valence-electron chi connectivity index (χ3n) is 3.11. The molecule has 1 amide bonds. The second kappa shape index (κ2) is 9.50. The van der Waals surface area contributed by atoms with Crippen LogP contribution in [0, 0.1) is 0 Å². The van der Waals surface area contributed by atoms with Crippen molar-refractivity contribution in [2.45, 2.75) is 32.2 Å². The van der Waals surface area contributed by atoms with Crippen molar-refractivity contribution in [3.63, 3.8) is 0 Å². The van der Waals surface area contributed by atoms with Crippen molar-refractivity contribution in [1.82, 2.24) is 4.90 Å². The number of carbonyl (C=O) groups is 2. The Morgan fingerprint density at radius 1 is 1.50 bits per heavy atom. The molecule has 0 aromatic rings. The smallest absolute Gasteiger partial charge is 0.332 e. The molecular formula is C14H23NO5. The second-order valence-electron chi connectivity index (χ2n) is 4.57. The van der Waals surface area contributed by atoms with Crippen molar-refractivity contribution in [1.29, 1.82) is 0 Å². The number of likely N-dealkylation sites (tertiary alicyclic amines) is 1. The predicted octanol–water partition coefficient (Wildman–Crippen LogP) is 0.496. The van der Waals surface area contributed by atoms with Crippen LogP contribution in [0.15, 0.2) is 12.2 Å². The van der Waals surface area contributed by atoms with Crippen molar-refractivity contribution in [2.24, 2.45) is 0 Å². The van der Waals surface area contributed by atoms with Crippen LogP contribution in [0.5, 0.6) is 0 Å². The van der Waals surface area contributed by atoms with Crippen LogP contribution in [0.1, 0.15) is 26.2 Å². The lowest BCUT2D eigenvalue weighted by atomic mass is 10.0. The lowest BCUT2D eigenvalue weighted by Gasteiger charge is -2.33. The number of hydrogen-bond acceptors (Lipinski definition) is 5. The van der Waals surface area contributed by atoms with Gasteiger partial charge in [-0.25, -0.2) is 4.79 Å². The molecule has 1 aliphatic heterocycles. The zero-order valence-corrected chi connectivity index (χ0v) is 11.9. The molecule has 1 atom stereocenters. The normalized spacial score (nSPS) is 19.6. The van der Waals surface area contributed by atoms with Crippen LogP contribution in [0.25, 0.3) is 0 Å². The monoisotopic (exact) mass is 285 g/mol. The molecule has 0 bridgehead atoms. The minimum Gasteiger partial charge on any atom is -0.464 e. The van der Waals surface area contributed by atoms with Crippen molar-refractivity contribution < 1.29 is 24.2 Å². The number of piperidine rings is 1. The van der Waals surface area contributed by atoms with E-state index >= 15 is 0 Å². The predicted molar refractivity (Wildman–Crippen MR) is 73.0 cm³/mol. The summed E-state index contributed by atoms with van der Waals surface area (Å²) in [4.78, 5) is 24.4. The van der Waals surface area contributed by atoms with E-state index in [4.69, 9.17) is 9.47 Å². The molecule has 0 radical (unpaired) electrons. The first-order valence-corrected chi connectivity index (χ1v) is 6.97. The minimum absolute atomic E-state index is 0.00105. The molecule has 1 rings (SSSR count). The number of aliphatic hydroxyl groups excluding tert-OH is 1. The molecule has 1 unspecified atom stereocenters.